The molecule has 1 N–H and O–H groups in total. The second-order valence-electron chi connectivity index (χ2n) is 5.46. The zero-order chi connectivity index (χ0) is 13.1. The monoisotopic (exact) mass is 256 g/mol. The molecule has 0 radical (unpaired) electrons. The molecule has 0 unspecified atom stereocenters. The molecular formula is C16H20N2O. The fourth-order valence-electron chi connectivity index (χ4n) is 3.03. The first-order chi connectivity index (χ1) is 9.34. The molecular weight excluding hydrogens is 236 g/mol. The zero-order valence-electron chi connectivity index (χ0n) is 11.2. The molecule has 0 bridgehead atoms. The quantitative estimate of drug-likeness (QED) is 0.879. The molecule has 2 aromatic rings. The van der Waals surface area contributed by atoms with Gasteiger partial charge in [0.1, 0.15) is 6.54 Å². The Bertz CT molecular complexity index is 560. The van der Waals surface area contributed by atoms with E-state index in [0.29, 0.717) is 5.52 Å². The Morgan fingerprint density at radius 1 is 1.05 bits per heavy atom. The smallest absolute Gasteiger partial charge is 0.103 e. The van der Waals surface area contributed by atoms with E-state index >= 15 is 0 Å². The minimum atomic E-state index is 0.0326. The molecule has 0 atom stereocenters. The SMILES string of the molecule is [O-]c1ccc(C[NH+]2CCCCCC2)c2cccnc12. The molecule has 19 heavy (non-hydrogen) atoms. The van der Waals surface area contributed by atoms with Gasteiger partial charge in [0.25, 0.3) is 0 Å². The summed E-state index contributed by atoms with van der Waals surface area (Å²) in [6.45, 7) is 3.52. The second kappa shape index (κ2) is 5.57. The molecule has 1 aliphatic rings. The van der Waals surface area contributed by atoms with Gasteiger partial charge in [0, 0.05) is 17.1 Å². The van der Waals surface area contributed by atoms with Crippen molar-refractivity contribution in [2.45, 2.75) is 32.2 Å². The van der Waals surface area contributed by atoms with Crippen LogP contribution in [-0.4, -0.2) is 18.1 Å². The first kappa shape index (κ1) is 12.4. The van der Waals surface area contributed by atoms with Crippen LogP contribution in [-0.2, 0) is 6.54 Å². The summed E-state index contributed by atoms with van der Waals surface area (Å²) in [6, 6.07) is 7.60. The third-order valence-corrected chi connectivity index (χ3v) is 4.07. The van der Waals surface area contributed by atoms with E-state index in [2.05, 4.69) is 4.98 Å². The average molecular weight is 256 g/mol. The molecule has 3 nitrogen and oxygen atoms in total. The summed E-state index contributed by atoms with van der Waals surface area (Å²) < 4.78 is 0. The van der Waals surface area contributed by atoms with E-state index in [0.717, 1.165) is 11.9 Å². The van der Waals surface area contributed by atoms with E-state index in [1.807, 2.05) is 18.2 Å². The topological polar surface area (TPSA) is 40.4 Å². The summed E-state index contributed by atoms with van der Waals surface area (Å²) in [6.07, 6.45) is 7.08. The standard InChI is InChI=1S/C16H20N2O/c19-15-8-7-13(14-6-5-9-17-16(14)15)12-18-10-3-1-2-4-11-18/h5-9,19H,1-4,10-12H2. The molecule has 0 amide bonds. The van der Waals surface area contributed by atoms with Gasteiger partial charge in [-0.25, -0.2) is 0 Å². The van der Waals surface area contributed by atoms with Crippen molar-refractivity contribution >= 4 is 10.9 Å². The van der Waals surface area contributed by atoms with Crippen molar-refractivity contribution in [3.63, 3.8) is 0 Å². The molecule has 1 fully saturated rings. The highest BCUT2D eigenvalue weighted by atomic mass is 16.3. The van der Waals surface area contributed by atoms with E-state index in [9.17, 15) is 5.11 Å². The van der Waals surface area contributed by atoms with Crippen LogP contribution >= 0.6 is 0 Å². The molecule has 1 saturated heterocycles. The highest BCUT2D eigenvalue weighted by molar-refractivity contribution is 5.86. The lowest BCUT2D eigenvalue weighted by atomic mass is 10.1. The lowest BCUT2D eigenvalue weighted by Gasteiger charge is -2.19. The van der Waals surface area contributed by atoms with Crippen LogP contribution in [0.3, 0.4) is 0 Å². The minimum absolute atomic E-state index is 0.0326. The van der Waals surface area contributed by atoms with Crippen LogP contribution in [0.25, 0.3) is 10.9 Å². The number of nitrogens with one attached hydrogen (secondary N) is 1. The van der Waals surface area contributed by atoms with Crippen molar-refractivity contribution in [1.29, 1.82) is 0 Å². The summed E-state index contributed by atoms with van der Waals surface area (Å²) in [4.78, 5) is 5.87. The lowest BCUT2D eigenvalue weighted by molar-refractivity contribution is -0.913. The minimum Gasteiger partial charge on any atom is -0.871 e. The van der Waals surface area contributed by atoms with Crippen LogP contribution < -0.4 is 10.0 Å². The van der Waals surface area contributed by atoms with Crippen LogP contribution in [0.15, 0.2) is 30.5 Å². The maximum atomic E-state index is 11.8. The number of hydrogen-bond donors (Lipinski definition) is 1. The van der Waals surface area contributed by atoms with E-state index < -0.39 is 0 Å². The van der Waals surface area contributed by atoms with E-state index in [1.165, 1.54) is 44.3 Å². The van der Waals surface area contributed by atoms with Crippen molar-refractivity contribution in [3.8, 4) is 5.75 Å². The molecule has 1 aromatic heterocycles. The van der Waals surface area contributed by atoms with Crippen molar-refractivity contribution in [3.05, 3.63) is 36.0 Å². The Morgan fingerprint density at radius 2 is 1.84 bits per heavy atom. The number of pyridine rings is 1. The van der Waals surface area contributed by atoms with Gasteiger partial charge in [0.2, 0.25) is 0 Å². The number of hydrogen-bond acceptors (Lipinski definition) is 2. The van der Waals surface area contributed by atoms with E-state index in [4.69, 9.17) is 0 Å². The zero-order valence-corrected chi connectivity index (χ0v) is 11.2. The molecule has 0 aliphatic carbocycles. The van der Waals surface area contributed by atoms with Crippen LogP contribution in [0, 0.1) is 0 Å². The van der Waals surface area contributed by atoms with Gasteiger partial charge in [-0.15, -0.1) is 0 Å². The van der Waals surface area contributed by atoms with Crippen LogP contribution in [0.2, 0.25) is 0 Å². The predicted molar refractivity (Wildman–Crippen MR) is 74.1 cm³/mol. The van der Waals surface area contributed by atoms with Gasteiger partial charge in [-0.1, -0.05) is 23.9 Å². The number of likely N-dealkylation sites (tertiary alicyclic amines) is 1. The number of aromatic nitrogens is 1. The number of benzene rings is 1. The van der Waals surface area contributed by atoms with Crippen LogP contribution in [0.4, 0.5) is 0 Å². The van der Waals surface area contributed by atoms with Gasteiger partial charge in [0.05, 0.1) is 18.6 Å². The fraction of sp³-hybridized carbons (Fsp3) is 0.438. The number of nitrogens with zero attached hydrogens (tertiary/aromatic N) is 1. The Morgan fingerprint density at radius 3 is 2.63 bits per heavy atom. The summed E-state index contributed by atoms with van der Waals surface area (Å²) in [5.41, 5.74) is 1.88. The highest BCUT2D eigenvalue weighted by Crippen LogP contribution is 2.23. The second-order valence-corrected chi connectivity index (χ2v) is 5.46. The van der Waals surface area contributed by atoms with Crippen molar-refractivity contribution in [2.24, 2.45) is 0 Å². The van der Waals surface area contributed by atoms with Crippen LogP contribution in [0.1, 0.15) is 31.2 Å². The Hall–Kier alpha value is -1.61. The van der Waals surface area contributed by atoms with Gasteiger partial charge in [-0.2, -0.15) is 0 Å². The Balaban J connectivity index is 1.90. The largest absolute Gasteiger partial charge is 0.871 e. The summed E-state index contributed by atoms with van der Waals surface area (Å²) >= 11 is 0. The fourth-order valence-corrected chi connectivity index (χ4v) is 3.03. The molecule has 3 heteroatoms. The molecule has 2 heterocycles. The molecule has 100 valence electrons. The van der Waals surface area contributed by atoms with Gasteiger partial charge >= 0.3 is 0 Å². The Kier molecular flexibility index (Phi) is 3.65. The lowest BCUT2D eigenvalue weighted by Crippen LogP contribution is -3.10. The van der Waals surface area contributed by atoms with Crippen molar-refractivity contribution < 1.29 is 10.0 Å². The molecule has 3 rings (SSSR count). The van der Waals surface area contributed by atoms with Crippen molar-refractivity contribution in [2.75, 3.05) is 13.1 Å². The molecule has 0 saturated carbocycles. The predicted octanol–water partition coefficient (Wildman–Crippen LogP) is 1.27. The maximum absolute atomic E-state index is 11.8. The highest BCUT2D eigenvalue weighted by Gasteiger charge is 2.14. The van der Waals surface area contributed by atoms with Crippen molar-refractivity contribution in [1.82, 2.24) is 4.98 Å². The third-order valence-electron chi connectivity index (χ3n) is 4.07. The maximum Gasteiger partial charge on any atom is 0.103 e. The van der Waals surface area contributed by atoms with Gasteiger partial charge < -0.3 is 10.0 Å². The Labute approximate surface area is 113 Å². The normalized spacial score (nSPS) is 17.5. The summed E-state index contributed by atoms with van der Waals surface area (Å²) in [5, 5.41) is 12.8. The average Bonchev–Trinajstić information content (AvgIpc) is 2.71. The first-order valence-electron chi connectivity index (χ1n) is 7.22. The number of quaternary nitrogens is 1. The van der Waals surface area contributed by atoms with E-state index in [1.54, 1.807) is 17.2 Å². The molecule has 1 aromatic carbocycles. The van der Waals surface area contributed by atoms with Gasteiger partial charge in [-0.3, -0.25) is 4.98 Å². The van der Waals surface area contributed by atoms with Crippen LogP contribution in [0.5, 0.6) is 5.75 Å². The van der Waals surface area contributed by atoms with Gasteiger partial charge in [-0.05, 0) is 31.7 Å². The number of fused-ring (bicyclic) bond motifs is 1. The summed E-state index contributed by atoms with van der Waals surface area (Å²) in [7, 11) is 0. The molecule has 1 aliphatic heterocycles. The molecule has 0 spiro atoms. The first-order valence-corrected chi connectivity index (χ1v) is 7.22. The third kappa shape index (κ3) is 2.71. The van der Waals surface area contributed by atoms with Gasteiger partial charge in [0.15, 0.2) is 0 Å². The summed E-state index contributed by atoms with van der Waals surface area (Å²) in [5.74, 6) is 0.0326. The van der Waals surface area contributed by atoms with E-state index in [-0.39, 0.29) is 5.75 Å². The number of rotatable bonds is 2.